The molecule has 0 aromatic heterocycles. The van der Waals surface area contributed by atoms with Crippen LogP contribution in [0.5, 0.6) is 5.75 Å². The van der Waals surface area contributed by atoms with Crippen molar-refractivity contribution in [1.29, 1.82) is 0 Å². The Kier molecular flexibility index (Phi) is 3.48. The Morgan fingerprint density at radius 2 is 2.26 bits per heavy atom. The van der Waals surface area contributed by atoms with Crippen molar-refractivity contribution in [1.82, 2.24) is 0 Å². The normalized spacial score (nSPS) is 31.6. The minimum absolute atomic E-state index is 0.0996. The topological polar surface area (TPSA) is 64.7 Å². The number of aliphatic hydroxyl groups is 1. The zero-order valence-corrected chi connectivity index (χ0v) is 11.0. The lowest BCUT2D eigenvalue weighted by molar-refractivity contribution is -0.0912. The number of hydrogen-bond acceptors (Lipinski definition) is 4. The number of para-hydroxylation sites is 1. The summed E-state index contributed by atoms with van der Waals surface area (Å²) in [7, 11) is 0. The maximum atomic E-state index is 10.7. The minimum atomic E-state index is -0.562. The number of fused-ring (bicyclic) bond motifs is 1. The molecule has 4 nitrogen and oxygen atoms in total. The van der Waals surface area contributed by atoms with Crippen LogP contribution in [0.4, 0.5) is 0 Å². The molecule has 1 saturated heterocycles. The summed E-state index contributed by atoms with van der Waals surface area (Å²) in [5.74, 6) is 0.908. The van der Waals surface area contributed by atoms with Crippen LogP contribution in [0.2, 0.25) is 0 Å². The van der Waals surface area contributed by atoms with Crippen LogP contribution in [-0.2, 0) is 11.2 Å². The Morgan fingerprint density at radius 3 is 3.00 bits per heavy atom. The monoisotopic (exact) mass is 263 g/mol. The third-order valence-corrected chi connectivity index (χ3v) is 4.38. The van der Waals surface area contributed by atoms with Crippen molar-refractivity contribution in [3.05, 3.63) is 29.8 Å². The fourth-order valence-corrected chi connectivity index (χ4v) is 3.13. The molecule has 3 unspecified atom stereocenters. The molecule has 0 amide bonds. The summed E-state index contributed by atoms with van der Waals surface area (Å²) < 4.78 is 11.4. The first-order valence-corrected chi connectivity index (χ1v) is 6.96. The molecule has 1 fully saturated rings. The number of nitrogens with two attached hydrogens (primary N) is 1. The van der Waals surface area contributed by atoms with E-state index in [9.17, 15) is 5.11 Å². The van der Waals surface area contributed by atoms with E-state index >= 15 is 0 Å². The van der Waals surface area contributed by atoms with Gasteiger partial charge in [-0.25, -0.2) is 0 Å². The summed E-state index contributed by atoms with van der Waals surface area (Å²) in [5.41, 5.74) is 6.66. The lowest BCUT2D eigenvalue weighted by atomic mass is 9.73. The lowest BCUT2D eigenvalue weighted by Crippen LogP contribution is -2.54. The van der Waals surface area contributed by atoms with E-state index < -0.39 is 11.5 Å². The molecule has 2 heterocycles. The van der Waals surface area contributed by atoms with Crippen molar-refractivity contribution >= 4 is 0 Å². The summed E-state index contributed by atoms with van der Waals surface area (Å²) in [5, 5.41) is 10.7. The van der Waals surface area contributed by atoms with E-state index in [0.29, 0.717) is 13.2 Å². The third kappa shape index (κ3) is 2.24. The van der Waals surface area contributed by atoms with Crippen molar-refractivity contribution in [3.8, 4) is 5.75 Å². The van der Waals surface area contributed by atoms with E-state index in [4.69, 9.17) is 15.2 Å². The van der Waals surface area contributed by atoms with E-state index in [0.717, 1.165) is 37.2 Å². The number of aliphatic hydroxyl groups excluding tert-OH is 1. The molecule has 1 aromatic rings. The van der Waals surface area contributed by atoms with Gasteiger partial charge in [-0.05, 0) is 30.9 Å². The van der Waals surface area contributed by atoms with Gasteiger partial charge < -0.3 is 20.3 Å². The molecule has 2 aliphatic heterocycles. The molecule has 3 rings (SSSR count). The number of rotatable bonds is 3. The quantitative estimate of drug-likeness (QED) is 0.857. The Balaban J connectivity index is 1.84. The van der Waals surface area contributed by atoms with E-state index in [1.54, 1.807) is 0 Å². The lowest BCUT2D eigenvalue weighted by Gasteiger charge is -2.42. The van der Waals surface area contributed by atoms with Crippen molar-refractivity contribution in [2.24, 2.45) is 11.1 Å². The van der Waals surface area contributed by atoms with Gasteiger partial charge in [0.25, 0.3) is 0 Å². The molecule has 3 atom stereocenters. The van der Waals surface area contributed by atoms with Crippen LogP contribution >= 0.6 is 0 Å². The molecule has 4 heteroatoms. The zero-order valence-electron chi connectivity index (χ0n) is 11.0. The largest absolute Gasteiger partial charge is 0.493 e. The molecule has 2 aliphatic rings. The van der Waals surface area contributed by atoms with Gasteiger partial charge in [0.2, 0.25) is 0 Å². The second-order valence-corrected chi connectivity index (χ2v) is 5.64. The first-order chi connectivity index (χ1) is 9.25. The van der Waals surface area contributed by atoms with Gasteiger partial charge >= 0.3 is 0 Å². The predicted octanol–water partition coefficient (Wildman–Crippen LogP) is 1.11. The average molecular weight is 263 g/mol. The Morgan fingerprint density at radius 1 is 1.42 bits per heavy atom. The minimum Gasteiger partial charge on any atom is -0.493 e. The highest BCUT2D eigenvalue weighted by molar-refractivity contribution is 5.36. The zero-order chi connectivity index (χ0) is 13.3. The first kappa shape index (κ1) is 12.9. The first-order valence-electron chi connectivity index (χ1n) is 6.96. The number of ether oxygens (including phenoxy) is 2. The Hall–Kier alpha value is -1.10. The fourth-order valence-electron chi connectivity index (χ4n) is 3.13. The molecule has 19 heavy (non-hydrogen) atoms. The highest BCUT2D eigenvalue weighted by atomic mass is 16.5. The fraction of sp³-hybridized carbons (Fsp3) is 0.600. The molecule has 1 aromatic carbocycles. The van der Waals surface area contributed by atoms with Crippen molar-refractivity contribution in [2.75, 3.05) is 19.8 Å². The van der Waals surface area contributed by atoms with Crippen molar-refractivity contribution < 1.29 is 14.6 Å². The molecule has 0 bridgehead atoms. The predicted molar refractivity (Wildman–Crippen MR) is 72.1 cm³/mol. The van der Waals surface area contributed by atoms with Gasteiger partial charge in [-0.1, -0.05) is 18.2 Å². The number of hydrogen-bond donors (Lipinski definition) is 2. The maximum Gasteiger partial charge on any atom is 0.122 e. The molecule has 0 aliphatic carbocycles. The standard InChI is InChI=1S/C15H21NO3/c16-9-15(14(17)13-6-3-7-18-13)8-11-4-1-2-5-12(11)19-10-15/h1-2,4-5,13-14,17H,3,6-10,16H2. The van der Waals surface area contributed by atoms with Crippen LogP contribution in [0.15, 0.2) is 24.3 Å². The van der Waals surface area contributed by atoms with E-state index in [1.165, 1.54) is 0 Å². The Bertz CT molecular complexity index is 445. The van der Waals surface area contributed by atoms with Crippen molar-refractivity contribution in [3.63, 3.8) is 0 Å². The van der Waals surface area contributed by atoms with Gasteiger partial charge in [0, 0.05) is 18.6 Å². The molecular formula is C15H21NO3. The average Bonchev–Trinajstić information content (AvgIpc) is 3.00. The summed E-state index contributed by atoms with van der Waals surface area (Å²) in [4.78, 5) is 0. The van der Waals surface area contributed by atoms with E-state index in [-0.39, 0.29) is 6.10 Å². The number of benzene rings is 1. The molecule has 0 saturated carbocycles. The maximum absolute atomic E-state index is 10.7. The molecule has 0 radical (unpaired) electrons. The summed E-state index contributed by atoms with van der Waals surface area (Å²) >= 11 is 0. The highest BCUT2D eigenvalue weighted by Crippen LogP contribution is 2.39. The second kappa shape index (κ2) is 5.12. The van der Waals surface area contributed by atoms with E-state index in [1.807, 2.05) is 24.3 Å². The van der Waals surface area contributed by atoms with Gasteiger partial charge in [-0.2, -0.15) is 0 Å². The smallest absolute Gasteiger partial charge is 0.122 e. The van der Waals surface area contributed by atoms with Gasteiger partial charge in [0.1, 0.15) is 5.75 Å². The highest BCUT2D eigenvalue weighted by Gasteiger charge is 2.45. The molecule has 0 spiro atoms. The van der Waals surface area contributed by atoms with Crippen LogP contribution in [-0.4, -0.2) is 37.1 Å². The Labute approximate surface area is 113 Å². The molecule has 104 valence electrons. The summed E-state index contributed by atoms with van der Waals surface area (Å²) in [6, 6.07) is 7.97. The molecule has 3 N–H and O–H groups in total. The van der Waals surface area contributed by atoms with Crippen LogP contribution in [0.3, 0.4) is 0 Å². The van der Waals surface area contributed by atoms with Gasteiger partial charge in [0.15, 0.2) is 0 Å². The second-order valence-electron chi connectivity index (χ2n) is 5.64. The van der Waals surface area contributed by atoms with Crippen LogP contribution < -0.4 is 10.5 Å². The van der Waals surface area contributed by atoms with Crippen LogP contribution in [0, 0.1) is 5.41 Å². The van der Waals surface area contributed by atoms with Gasteiger partial charge in [0.05, 0.1) is 18.8 Å². The van der Waals surface area contributed by atoms with Gasteiger partial charge in [-0.3, -0.25) is 0 Å². The summed E-state index contributed by atoms with van der Waals surface area (Å²) in [6.07, 6.45) is 2.01. The van der Waals surface area contributed by atoms with Gasteiger partial charge in [-0.15, -0.1) is 0 Å². The van der Waals surface area contributed by atoms with Crippen molar-refractivity contribution in [2.45, 2.75) is 31.5 Å². The molecular weight excluding hydrogens is 242 g/mol. The van der Waals surface area contributed by atoms with Crippen LogP contribution in [0.25, 0.3) is 0 Å². The van der Waals surface area contributed by atoms with E-state index in [2.05, 4.69) is 0 Å². The van der Waals surface area contributed by atoms with Crippen LogP contribution in [0.1, 0.15) is 18.4 Å². The summed E-state index contributed by atoms with van der Waals surface area (Å²) in [6.45, 7) is 1.60. The SMILES string of the molecule is NCC1(C(O)C2CCCO2)COc2ccccc2C1. The third-order valence-electron chi connectivity index (χ3n) is 4.38.